The molecule has 0 atom stereocenters. The molecule has 0 bridgehead atoms. The first-order valence-corrected chi connectivity index (χ1v) is 10.4. The lowest BCUT2D eigenvalue weighted by Crippen LogP contribution is -2.24. The molecule has 0 aliphatic heterocycles. The number of hydrogen-bond acceptors (Lipinski definition) is 9. The van der Waals surface area contributed by atoms with Crippen LogP contribution in [0.1, 0.15) is 27.2 Å². The van der Waals surface area contributed by atoms with E-state index < -0.39 is 5.60 Å². The molecule has 0 heterocycles. The third-order valence-electron chi connectivity index (χ3n) is 3.19. The molecule has 0 saturated heterocycles. The maximum atomic E-state index is 11.5. The van der Waals surface area contributed by atoms with E-state index in [1.165, 1.54) is 6.26 Å². The highest BCUT2D eigenvalue weighted by Crippen LogP contribution is 2.07. The van der Waals surface area contributed by atoms with E-state index >= 15 is 0 Å². The van der Waals surface area contributed by atoms with Crippen molar-refractivity contribution in [2.75, 3.05) is 85.9 Å². The van der Waals surface area contributed by atoms with Crippen LogP contribution in [0.4, 0.5) is 0 Å². The standard InChI is InChI=1S/C21H40O9/c1-5-23-8-9-25-12-13-27-16-17-29-19-18-28-15-14-26-11-10-24-7-6-20(22)30-21(2,3)4/h5H,1,6-19H2,2-4H3. The number of rotatable bonds is 22. The average Bonchev–Trinajstić information content (AvgIpc) is 2.68. The predicted octanol–water partition coefficient (Wildman–Crippen LogP) is 1.98. The Morgan fingerprint density at radius 3 is 1.30 bits per heavy atom. The van der Waals surface area contributed by atoms with Crippen LogP contribution < -0.4 is 0 Å². The topological polar surface area (TPSA) is 90.9 Å². The number of carbonyl (C=O) groups excluding carboxylic acids is 1. The largest absolute Gasteiger partial charge is 0.499 e. The summed E-state index contributed by atoms with van der Waals surface area (Å²) in [6, 6.07) is 0. The third kappa shape index (κ3) is 24.8. The summed E-state index contributed by atoms with van der Waals surface area (Å²) in [5.41, 5.74) is -0.462. The second-order valence-electron chi connectivity index (χ2n) is 7.05. The van der Waals surface area contributed by atoms with Crippen LogP contribution in [-0.4, -0.2) is 97.5 Å². The Labute approximate surface area is 180 Å². The fourth-order valence-electron chi connectivity index (χ4n) is 1.94. The van der Waals surface area contributed by atoms with Gasteiger partial charge in [-0.3, -0.25) is 4.79 Å². The van der Waals surface area contributed by atoms with Gasteiger partial charge in [0, 0.05) is 0 Å². The van der Waals surface area contributed by atoms with E-state index in [1.807, 2.05) is 20.8 Å². The Morgan fingerprint density at radius 2 is 0.967 bits per heavy atom. The number of ether oxygens (including phenoxy) is 8. The zero-order chi connectivity index (χ0) is 22.3. The van der Waals surface area contributed by atoms with Gasteiger partial charge in [-0.05, 0) is 20.8 Å². The van der Waals surface area contributed by atoms with Crippen molar-refractivity contribution in [2.45, 2.75) is 32.8 Å². The van der Waals surface area contributed by atoms with Crippen molar-refractivity contribution in [3.63, 3.8) is 0 Å². The molecule has 0 rings (SSSR count). The molecular weight excluding hydrogens is 396 g/mol. The van der Waals surface area contributed by atoms with Gasteiger partial charge < -0.3 is 37.9 Å². The molecule has 0 radical (unpaired) electrons. The highest BCUT2D eigenvalue weighted by molar-refractivity contribution is 5.69. The molecule has 9 nitrogen and oxygen atoms in total. The predicted molar refractivity (Wildman–Crippen MR) is 112 cm³/mol. The van der Waals surface area contributed by atoms with E-state index in [1.54, 1.807) is 0 Å². The van der Waals surface area contributed by atoms with Gasteiger partial charge in [0.05, 0.1) is 92.0 Å². The summed E-state index contributed by atoms with van der Waals surface area (Å²) < 4.78 is 42.3. The van der Waals surface area contributed by atoms with Gasteiger partial charge in [0.2, 0.25) is 0 Å². The van der Waals surface area contributed by atoms with E-state index in [0.29, 0.717) is 85.9 Å². The number of carbonyl (C=O) groups is 1. The zero-order valence-corrected chi connectivity index (χ0v) is 18.9. The van der Waals surface area contributed by atoms with E-state index in [-0.39, 0.29) is 12.4 Å². The van der Waals surface area contributed by atoms with E-state index in [0.717, 1.165) is 0 Å². The molecule has 0 fully saturated rings. The summed E-state index contributed by atoms with van der Waals surface area (Å²) >= 11 is 0. The highest BCUT2D eigenvalue weighted by atomic mass is 16.6. The molecule has 0 saturated carbocycles. The maximum Gasteiger partial charge on any atom is 0.308 e. The van der Waals surface area contributed by atoms with Crippen LogP contribution in [0.15, 0.2) is 12.8 Å². The van der Waals surface area contributed by atoms with Gasteiger partial charge in [-0.15, -0.1) is 0 Å². The molecule has 0 unspecified atom stereocenters. The molecule has 0 amide bonds. The summed E-state index contributed by atoms with van der Waals surface area (Å²) in [7, 11) is 0. The molecule has 0 aliphatic rings. The first-order chi connectivity index (χ1) is 14.5. The molecule has 178 valence electrons. The minimum absolute atomic E-state index is 0.241. The lowest BCUT2D eigenvalue weighted by molar-refractivity contribution is -0.156. The normalized spacial score (nSPS) is 11.4. The average molecular weight is 437 g/mol. The van der Waals surface area contributed by atoms with E-state index in [9.17, 15) is 4.79 Å². The minimum Gasteiger partial charge on any atom is -0.499 e. The maximum absolute atomic E-state index is 11.5. The van der Waals surface area contributed by atoms with Crippen LogP contribution in [0, 0.1) is 0 Å². The molecule has 9 heteroatoms. The second-order valence-corrected chi connectivity index (χ2v) is 7.05. The number of hydrogen-bond donors (Lipinski definition) is 0. The number of esters is 1. The lowest BCUT2D eigenvalue weighted by Gasteiger charge is -2.19. The van der Waals surface area contributed by atoms with Gasteiger partial charge in [0.15, 0.2) is 0 Å². The molecule has 0 aromatic carbocycles. The Morgan fingerprint density at radius 1 is 0.633 bits per heavy atom. The molecule has 30 heavy (non-hydrogen) atoms. The van der Waals surface area contributed by atoms with Crippen LogP contribution in [0.2, 0.25) is 0 Å². The third-order valence-corrected chi connectivity index (χ3v) is 3.19. The van der Waals surface area contributed by atoms with Gasteiger partial charge >= 0.3 is 5.97 Å². The van der Waals surface area contributed by atoms with Crippen molar-refractivity contribution in [1.29, 1.82) is 0 Å². The molecular formula is C21H40O9. The molecule has 0 N–H and O–H groups in total. The summed E-state index contributed by atoms with van der Waals surface area (Å²) in [4.78, 5) is 11.5. The summed E-state index contributed by atoms with van der Waals surface area (Å²) in [6.07, 6.45) is 1.63. The van der Waals surface area contributed by atoms with Gasteiger partial charge in [-0.1, -0.05) is 6.58 Å². The van der Waals surface area contributed by atoms with Crippen molar-refractivity contribution in [1.82, 2.24) is 0 Å². The SMILES string of the molecule is C=COCCOCCOCCOCCOCCOCCOCCC(=O)OC(C)(C)C. The molecule has 0 aromatic heterocycles. The Hall–Kier alpha value is -1.23. The summed E-state index contributed by atoms with van der Waals surface area (Å²) in [5.74, 6) is -0.259. The minimum atomic E-state index is -0.462. The Bertz CT molecular complexity index is 396. The second kappa shape index (κ2) is 21.0. The first-order valence-electron chi connectivity index (χ1n) is 10.4. The van der Waals surface area contributed by atoms with Crippen LogP contribution >= 0.6 is 0 Å². The Kier molecular flexibility index (Phi) is 20.2. The van der Waals surface area contributed by atoms with Crippen LogP contribution in [0.5, 0.6) is 0 Å². The van der Waals surface area contributed by atoms with Crippen molar-refractivity contribution < 1.29 is 42.7 Å². The molecule has 0 aromatic rings. The van der Waals surface area contributed by atoms with Crippen LogP contribution in [0.3, 0.4) is 0 Å². The quantitative estimate of drug-likeness (QED) is 0.143. The smallest absolute Gasteiger partial charge is 0.308 e. The van der Waals surface area contributed by atoms with Gasteiger partial charge in [0.1, 0.15) is 12.2 Å². The van der Waals surface area contributed by atoms with E-state index in [4.69, 9.17) is 37.9 Å². The molecule has 0 aliphatic carbocycles. The van der Waals surface area contributed by atoms with Crippen molar-refractivity contribution >= 4 is 5.97 Å². The van der Waals surface area contributed by atoms with Crippen molar-refractivity contribution in [3.05, 3.63) is 12.8 Å². The van der Waals surface area contributed by atoms with Crippen molar-refractivity contribution in [3.8, 4) is 0 Å². The van der Waals surface area contributed by atoms with Crippen LogP contribution in [-0.2, 0) is 42.7 Å². The van der Waals surface area contributed by atoms with Gasteiger partial charge in [-0.25, -0.2) is 0 Å². The zero-order valence-electron chi connectivity index (χ0n) is 18.9. The van der Waals surface area contributed by atoms with Gasteiger partial charge in [0.25, 0.3) is 0 Å². The summed E-state index contributed by atoms with van der Waals surface area (Å²) in [6.45, 7) is 15.3. The van der Waals surface area contributed by atoms with E-state index in [2.05, 4.69) is 6.58 Å². The Balaban J connectivity index is 3.11. The van der Waals surface area contributed by atoms with Crippen molar-refractivity contribution in [2.24, 2.45) is 0 Å². The lowest BCUT2D eigenvalue weighted by atomic mass is 10.2. The fraction of sp³-hybridized carbons (Fsp3) is 0.857. The van der Waals surface area contributed by atoms with Crippen LogP contribution in [0.25, 0.3) is 0 Å². The fourth-order valence-corrected chi connectivity index (χ4v) is 1.94. The molecule has 0 spiro atoms. The highest BCUT2D eigenvalue weighted by Gasteiger charge is 2.15. The first kappa shape index (κ1) is 28.8. The summed E-state index contributed by atoms with van der Waals surface area (Å²) in [5, 5.41) is 0. The monoisotopic (exact) mass is 436 g/mol. The van der Waals surface area contributed by atoms with Gasteiger partial charge in [-0.2, -0.15) is 0 Å².